The van der Waals surface area contributed by atoms with Crippen molar-refractivity contribution in [3.8, 4) is 0 Å². The fourth-order valence-electron chi connectivity index (χ4n) is 0.363. The fraction of sp³-hybridized carbons (Fsp3) is 0.800. The first-order chi connectivity index (χ1) is 4.35. The minimum atomic E-state index is -0.252. The maximum absolute atomic E-state index is 9.99. The second kappa shape index (κ2) is 6.46. The molecule has 0 saturated heterocycles. The van der Waals surface area contributed by atoms with Crippen molar-refractivity contribution >= 4 is 33.9 Å². The molecule has 0 fully saturated rings. The number of rotatable bonds is 5. The molecule has 0 saturated carbocycles. The molecule has 1 radical (unpaired) electrons. The van der Waals surface area contributed by atoms with Gasteiger partial charge >= 0.3 is 67.1 Å². The molecule has 0 bridgehead atoms. The third-order valence-electron chi connectivity index (χ3n) is 0.859. The van der Waals surface area contributed by atoms with Crippen molar-refractivity contribution in [3.05, 3.63) is 0 Å². The molecule has 0 aromatic rings. The van der Waals surface area contributed by atoms with Gasteiger partial charge < -0.3 is 0 Å². The molecule has 0 aromatic heterocycles. The van der Waals surface area contributed by atoms with Crippen molar-refractivity contribution in [2.24, 2.45) is 3.96 Å². The SMILES string of the molecule is CSCC[C@@H]([C]=O)N=[Se]. The molecule has 0 aliphatic carbocycles. The number of hydrogen-bond donors (Lipinski definition) is 0. The zero-order valence-electron chi connectivity index (χ0n) is 5.16. The first-order valence-corrected chi connectivity index (χ1v) is 4.70. The summed E-state index contributed by atoms with van der Waals surface area (Å²) in [6, 6.07) is -0.252. The van der Waals surface area contributed by atoms with Crippen molar-refractivity contribution < 1.29 is 4.79 Å². The molecule has 0 N–H and O–H groups in total. The number of thioether (sulfide) groups is 1. The van der Waals surface area contributed by atoms with E-state index in [0.717, 1.165) is 12.2 Å². The first kappa shape index (κ1) is 9.34. The molecule has 0 aromatic carbocycles. The molecule has 1 atom stereocenters. The topological polar surface area (TPSA) is 29.4 Å². The molecular weight excluding hydrogens is 201 g/mol. The maximum atomic E-state index is 9.99. The van der Waals surface area contributed by atoms with E-state index in [4.69, 9.17) is 0 Å². The summed E-state index contributed by atoms with van der Waals surface area (Å²) in [6.07, 6.45) is 4.62. The zero-order valence-corrected chi connectivity index (χ0v) is 7.69. The molecule has 0 spiro atoms. The predicted molar refractivity (Wildman–Crippen MR) is 40.7 cm³/mol. The number of nitrogens with zero attached hydrogens (tertiary/aromatic N) is 1. The van der Waals surface area contributed by atoms with Gasteiger partial charge in [-0.15, -0.1) is 0 Å². The van der Waals surface area contributed by atoms with Gasteiger partial charge in [0.05, 0.1) is 0 Å². The molecule has 0 aliphatic rings. The molecule has 0 unspecified atom stereocenters. The van der Waals surface area contributed by atoms with Gasteiger partial charge in [-0.2, -0.15) is 0 Å². The summed E-state index contributed by atoms with van der Waals surface area (Å²) in [5, 5.41) is 0. The van der Waals surface area contributed by atoms with E-state index in [0.29, 0.717) is 0 Å². The molecule has 0 amide bonds. The van der Waals surface area contributed by atoms with E-state index < -0.39 is 0 Å². The van der Waals surface area contributed by atoms with Gasteiger partial charge in [0.2, 0.25) is 0 Å². The van der Waals surface area contributed by atoms with Crippen LogP contribution in [-0.4, -0.2) is 40.2 Å². The third-order valence-corrected chi connectivity index (χ3v) is 2.04. The van der Waals surface area contributed by atoms with Crippen molar-refractivity contribution in [2.75, 3.05) is 12.0 Å². The molecule has 51 valence electrons. The third kappa shape index (κ3) is 4.82. The van der Waals surface area contributed by atoms with E-state index in [1.54, 1.807) is 11.8 Å². The van der Waals surface area contributed by atoms with Crippen LogP contribution in [0.2, 0.25) is 0 Å². The standard InChI is InChI=1S/C5H8NOSSe/c1-8-3-2-5(4-7)6-9/h5H,2-3H2,1H3/t5-/m0/s1. The first-order valence-electron chi connectivity index (χ1n) is 2.54. The van der Waals surface area contributed by atoms with Gasteiger partial charge in [0.15, 0.2) is 0 Å². The second-order valence-corrected chi connectivity index (χ2v) is 2.95. The van der Waals surface area contributed by atoms with Crippen molar-refractivity contribution in [1.29, 1.82) is 0 Å². The summed E-state index contributed by atoms with van der Waals surface area (Å²) in [4.78, 5) is 9.99. The minimum absolute atomic E-state index is 0.252. The van der Waals surface area contributed by atoms with Crippen molar-refractivity contribution in [2.45, 2.75) is 12.5 Å². The van der Waals surface area contributed by atoms with E-state index in [9.17, 15) is 4.79 Å². The summed E-state index contributed by atoms with van der Waals surface area (Å²) in [6.45, 7) is 0. The van der Waals surface area contributed by atoms with Gasteiger partial charge in [-0.05, 0) is 0 Å². The fourth-order valence-corrected chi connectivity index (χ4v) is 1.13. The van der Waals surface area contributed by atoms with Gasteiger partial charge in [-0.1, -0.05) is 0 Å². The van der Waals surface area contributed by atoms with Gasteiger partial charge in [0.1, 0.15) is 0 Å². The quantitative estimate of drug-likeness (QED) is 0.619. The summed E-state index contributed by atoms with van der Waals surface area (Å²) < 4.78 is 3.68. The van der Waals surface area contributed by atoms with E-state index >= 15 is 0 Å². The van der Waals surface area contributed by atoms with Crippen molar-refractivity contribution in [1.82, 2.24) is 0 Å². The second-order valence-electron chi connectivity index (χ2n) is 1.52. The van der Waals surface area contributed by atoms with Crippen LogP contribution in [0.5, 0.6) is 0 Å². The summed E-state index contributed by atoms with van der Waals surface area (Å²) in [7, 11) is 0. The van der Waals surface area contributed by atoms with Gasteiger partial charge in [-0.3, -0.25) is 0 Å². The normalized spacial score (nSPS) is 12.6. The molecule has 0 aliphatic heterocycles. The Kier molecular flexibility index (Phi) is 6.70. The zero-order chi connectivity index (χ0) is 7.11. The van der Waals surface area contributed by atoms with Gasteiger partial charge in [0.25, 0.3) is 0 Å². The molecule has 2 nitrogen and oxygen atoms in total. The Morgan fingerprint density at radius 3 is 2.89 bits per heavy atom. The van der Waals surface area contributed by atoms with E-state index in [1.807, 2.05) is 12.5 Å². The van der Waals surface area contributed by atoms with Crippen LogP contribution in [0.4, 0.5) is 0 Å². The van der Waals surface area contributed by atoms with E-state index in [1.165, 1.54) is 0 Å². The van der Waals surface area contributed by atoms with Crippen LogP contribution in [0.3, 0.4) is 0 Å². The average Bonchev–Trinajstić information content (AvgIpc) is 1.91. The molecule has 0 heterocycles. The molecule has 9 heavy (non-hydrogen) atoms. The Morgan fingerprint density at radius 1 is 1.89 bits per heavy atom. The Hall–Kier alpha value is 0.339. The van der Waals surface area contributed by atoms with Crippen LogP contribution in [0.1, 0.15) is 6.42 Å². The Balaban J connectivity index is 3.30. The van der Waals surface area contributed by atoms with Crippen LogP contribution in [0, 0.1) is 0 Å². The molecular formula is C5H8NOSSe. The Labute approximate surface area is 67.4 Å². The van der Waals surface area contributed by atoms with Crippen LogP contribution in [0.25, 0.3) is 0 Å². The van der Waals surface area contributed by atoms with Crippen LogP contribution in [-0.2, 0) is 4.79 Å². The Bertz CT molecular complexity index is 91.0. The van der Waals surface area contributed by atoms with Gasteiger partial charge in [-0.25, -0.2) is 0 Å². The average molecular weight is 209 g/mol. The number of carbonyl (C=O) groups excluding carboxylic acids is 1. The monoisotopic (exact) mass is 210 g/mol. The number of hydrogen-bond acceptors (Lipinski definition) is 3. The summed E-state index contributed by atoms with van der Waals surface area (Å²) >= 11 is 4.16. The Morgan fingerprint density at radius 2 is 2.56 bits per heavy atom. The van der Waals surface area contributed by atoms with E-state index in [-0.39, 0.29) is 6.04 Å². The van der Waals surface area contributed by atoms with Crippen LogP contribution in [0.15, 0.2) is 3.96 Å². The summed E-state index contributed by atoms with van der Waals surface area (Å²) in [5.41, 5.74) is 0. The summed E-state index contributed by atoms with van der Waals surface area (Å²) in [5.74, 6) is 0.963. The van der Waals surface area contributed by atoms with E-state index in [2.05, 4.69) is 19.8 Å². The predicted octanol–water partition coefficient (Wildman–Crippen LogP) is 0.570. The van der Waals surface area contributed by atoms with Crippen LogP contribution < -0.4 is 0 Å². The molecule has 4 heteroatoms. The van der Waals surface area contributed by atoms with Gasteiger partial charge in [0, 0.05) is 0 Å². The van der Waals surface area contributed by atoms with Crippen molar-refractivity contribution in [3.63, 3.8) is 0 Å². The molecule has 0 rings (SSSR count). The van der Waals surface area contributed by atoms with Crippen LogP contribution >= 0.6 is 11.8 Å².